The monoisotopic (exact) mass is 317 g/mol. The Morgan fingerprint density at radius 2 is 1.82 bits per heavy atom. The van der Waals surface area contributed by atoms with Crippen molar-refractivity contribution in [2.45, 2.75) is 26.4 Å². The minimum atomic E-state index is -4.71. The van der Waals surface area contributed by atoms with E-state index in [1.807, 2.05) is 0 Å². The predicted molar refractivity (Wildman–Crippen MR) is 76.6 cm³/mol. The summed E-state index contributed by atoms with van der Waals surface area (Å²) >= 11 is 0. The third-order valence-electron chi connectivity index (χ3n) is 2.92. The summed E-state index contributed by atoms with van der Waals surface area (Å²) < 4.78 is 49.3. The third kappa shape index (κ3) is 4.75. The van der Waals surface area contributed by atoms with E-state index in [2.05, 4.69) is 4.99 Å². The number of ether oxygens (including phenoxy) is 2. The summed E-state index contributed by atoms with van der Waals surface area (Å²) in [7, 11) is 1.45. The van der Waals surface area contributed by atoms with Crippen LogP contribution in [0.1, 0.15) is 20.3 Å². The summed E-state index contributed by atoms with van der Waals surface area (Å²) in [4.78, 5) is 15.3. The molecule has 0 radical (unpaired) electrons. The van der Waals surface area contributed by atoms with Gasteiger partial charge in [0.15, 0.2) is 0 Å². The fourth-order valence-electron chi connectivity index (χ4n) is 1.85. The van der Waals surface area contributed by atoms with E-state index in [0.717, 1.165) is 0 Å². The Kier molecular flexibility index (Phi) is 6.39. The Morgan fingerprint density at radius 3 is 2.23 bits per heavy atom. The first-order chi connectivity index (χ1) is 10.3. The van der Waals surface area contributed by atoms with Crippen LogP contribution in [0.25, 0.3) is 0 Å². The minimum absolute atomic E-state index is 0.0169. The van der Waals surface area contributed by atoms with E-state index in [4.69, 9.17) is 9.47 Å². The molecule has 0 aromatic heterocycles. The molecule has 0 saturated heterocycles. The molecule has 22 heavy (non-hydrogen) atoms. The summed E-state index contributed by atoms with van der Waals surface area (Å²) in [5, 5.41) is 0. The lowest BCUT2D eigenvalue weighted by atomic mass is 9.99. The lowest BCUT2D eigenvalue weighted by Gasteiger charge is -2.18. The number of carbonyl (C=O) groups is 1. The average Bonchev–Trinajstić information content (AvgIpc) is 2.47. The Balaban J connectivity index is 3.20. The fourth-order valence-corrected chi connectivity index (χ4v) is 1.85. The number of methoxy groups -OCH3 is 1. The molecule has 122 valence electrons. The van der Waals surface area contributed by atoms with Crippen LogP contribution in [0.15, 0.2) is 29.3 Å². The zero-order valence-corrected chi connectivity index (χ0v) is 12.6. The Bertz CT molecular complexity index is 524. The second-order valence-electron chi connectivity index (χ2n) is 4.41. The van der Waals surface area contributed by atoms with Gasteiger partial charge in [0, 0.05) is 0 Å². The molecule has 0 saturated carbocycles. The Hall–Kier alpha value is -2.05. The first-order valence-corrected chi connectivity index (χ1v) is 6.79. The number of esters is 1. The molecule has 0 aliphatic rings. The van der Waals surface area contributed by atoms with E-state index in [1.165, 1.54) is 38.3 Å². The highest BCUT2D eigenvalue weighted by Gasteiger charge is 2.43. The SMILES string of the molecule is CCOC(=O)C(CC)C(=Nc1ccc(OC)cc1)C(F)(F)F. The summed E-state index contributed by atoms with van der Waals surface area (Å²) in [6.07, 6.45) is -4.76. The number of hydrogen-bond donors (Lipinski definition) is 0. The van der Waals surface area contributed by atoms with Gasteiger partial charge in [-0.15, -0.1) is 0 Å². The highest BCUT2D eigenvalue weighted by molar-refractivity contribution is 6.06. The van der Waals surface area contributed by atoms with Crippen molar-refractivity contribution in [1.29, 1.82) is 0 Å². The van der Waals surface area contributed by atoms with Crippen molar-refractivity contribution < 1.29 is 27.4 Å². The van der Waals surface area contributed by atoms with Crippen molar-refractivity contribution in [3.05, 3.63) is 24.3 Å². The normalized spacial score (nSPS) is 13.6. The fraction of sp³-hybridized carbons (Fsp3) is 0.467. The molecular formula is C15H18F3NO3. The van der Waals surface area contributed by atoms with Gasteiger partial charge in [-0.25, -0.2) is 4.99 Å². The molecule has 0 N–H and O–H groups in total. The molecule has 1 unspecified atom stereocenters. The maximum atomic E-state index is 13.2. The van der Waals surface area contributed by atoms with Crippen LogP contribution in [0.5, 0.6) is 5.75 Å². The van der Waals surface area contributed by atoms with E-state index in [1.54, 1.807) is 6.92 Å². The lowest BCUT2D eigenvalue weighted by Crippen LogP contribution is -2.36. The van der Waals surface area contributed by atoms with Crippen LogP contribution in [0, 0.1) is 5.92 Å². The Labute approximate surface area is 126 Å². The maximum absolute atomic E-state index is 13.2. The second-order valence-corrected chi connectivity index (χ2v) is 4.41. The number of nitrogens with zero attached hydrogens (tertiary/aromatic N) is 1. The third-order valence-corrected chi connectivity index (χ3v) is 2.92. The molecule has 0 bridgehead atoms. The first kappa shape index (κ1) is 18.0. The molecule has 0 aliphatic carbocycles. The highest BCUT2D eigenvalue weighted by Crippen LogP contribution is 2.29. The Morgan fingerprint density at radius 1 is 1.23 bits per heavy atom. The topological polar surface area (TPSA) is 47.9 Å². The quantitative estimate of drug-likeness (QED) is 0.590. The van der Waals surface area contributed by atoms with Gasteiger partial charge in [-0.3, -0.25) is 4.79 Å². The number of halogens is 3. The van der Waals surface area contributed by atoms with Crippen molar-refractivity contribution in [3.63, 3.8) is 0 Å². The molecule has 0 fully saturated rings. The number of rotatable bonds is 6. The summed E-state index contributed by atoms with van der Waals surface area (Å²) in [5.41, 5.74) is -1.06. The molecule has 1 rings (SSSR count). The van der Waals surface area contributed by atoms with E-state index >= 15 is 0 Å². The van der Waals surface area contributed by atoms with Crippen LogP contribution in [0.3, 0.4) is 0 Å². The van der Waals surface area contributed by atoms with Crippen molar-refractivity contribution in [2.75, 3.05) is 13.7 Å². The first-order valence-electron chi connectivity index (χ1n) is 6.79. The molecule has 0 amide bonds. The van der Waals surface area contributed by atoms with Crippen LogP contribution >= 0.6 is 0 Å². The molecular weight excluding hydrogens is 299 g/mol. The van der Waals surface area contributed by atoms with E-state index in [9.17, 15) is 18.0 Å². The number of alkyl halides is 3. The standard InChI is InChI=1S/C15H18F3NO3/c1-4-12(14(20)22-5-2)13(15(16,17)18)19-10-6-8-11(21-3)9-7-10/h6-9,12H,4-5H2,1-3H3. The van der Waals surface area contributed by atoms with Gasteiger partial charge in [-0.05, 0) is 37.6 Å². The smallest absolute Gasteiger partial charge is 0.430 e. The van der Waals surface area contributed by atoms with Crippen LogP contribution < -0.4 is 4.74 Å². The maximum Gasteiger partial charge on any atom is 0.430 e. The zero-order valence-electron chi connectivity index (χ0n) is 12.6. The predicted octanol–water partition coefficient (Wildman–Crippen LogP) is 3.92. The summed E-state index contributed by atoms with van der Waals surface area (Å²) in [5.74, 6) is -1.86. The molecule has 1 aromatic carbocycles. The van der Waals surface area contributed by atoms with E-state index in [-0.39, 0.29) is 18.7 Å². The molecule has 0 aliphatic heterocycles. The average molecular weight is 317 g/mol. The van der Waals surface area contributed by atoms with Crippen molar-refractivity contribution in [2.24, 2.45) is 10.9 Å². The minimum Gasteiger partial charge on any atom is -0.497 e. The second kappa shape index (κ2) is 7.82. The van der Waals surface area contributed by atoms with Gasteiger partial charge in [0.1, 0.15) is 17.4 Å². The molecule has 1 atom stereocenters. The summed E-state index contributed by atoms with van der Waals surface area (Å²) in [6.45, 7) is 3.04. The molecule has 1 aromatic rings. The molecule has 0 spiro atoms. The van der Waals surface area contributed by atoms with Gasteiger partial charge >= 0.3 is 12.1 Å². The van der Waals surface area contributed by atoms with E-state index in [0.29, 0.717) is 5.75 Å². The van der Waals surface area contributed by atoms with Crippen LogP contribution in [0.4, 0.5) is 18.9 Å². The number of carbonyl (C=O) groups excluding carboxylic acids is 1. The van der Waals surface area contributed by atoms with Crippen LogP contribution in [0.2, 0.25) is 0 Å². The lowest BCUT2D eigenvalue weighted by molar-refractivity contribution is -0.147. The largest absolute Gasteiger partial charge is 0.497 e. The number of hydrogen-bond acceptors (Lipinski definition) is 4. The van der Waals surface area contributed by atoms with Crippen molar-refractivity contribution in [1.82, 2.24) is 0 Å². The zero-order chi connectivity index (χ0) is 16.8. The van der Waals surface area contributed by atoms with Gasteiger partial charge in [0.2, 0.25) is 0 Å². The van der Waals surface area contributed by atoms with Gasteiger partial charge in [-0.2, -0.15) is 13.2 Å². The van der Waals surface area contributed by atoms with Crippen LogP contribution in [-0.2, 0) is 9.53 Å². The molecule has 7 heteroatoms. The number of aliphatic imine (C=N–C) groups is 1. The molecule has 0 heterocycles. The van der Waals surface area contributed by atoms with Gasteiger partial charge in [0.25, 0.3) is 0 Å². The van der Waals surface area contributed by atoms with Crippen LogP contribution in [-0.4, -0.2) is 31.6 Å². The van der Waals surface area contributed by atoms with Gasteiger partial charge < -0.3 is 9.47 Å². The van der Waals surface area contributed by atoms with Gasteiger partial charge in [-0.1, -0.05) is 6.92 Å². The van der Waals surface area contributed by atoms with E-state index < -0.39 is 23.8 Å². The highest BCUT2D eigenvalue weighted by atomic mass is 19.4. The van der Waals surface area contributed by atoms with Gasteiger partial charge in [0.05, 0.1) is 19.4 Å². The summed E-state index contributed by atoms with van der Waals surface area (Å²) in [6, 6.07) is 5.78. The van der Waals surface area contributed by atoms with Crippen molar-refractivity contribution in [3.8, 4) is 5.75 Å². The van der Waals surface area contributed by atoms with Crippen molar-refractivity contribution >= 4 is 17.4 Å². The molecule has 4 nitrogen and oxygen atoms in total. The number of benzene rings is 1.